The molecule has 0 saturated heterocycles. The van der Waals surface area contributed by atoms with Crippen LogP contribution in [-0.4, -0.2) is 9.78 Å². The van der Waals surface area contributed by atoms with E-state index in [1.807, 2.05) is 13.0 Å². The van der Waals surface area contributed by atoms with E-state index in [9.17, 15) is 13.2 Å². The summed E-state index contributed by atoms with van der Waals surface area (Å²) in [6.45, 7) is 1.87. The minimum absolute atomic E-state index is 0.0312. The lowest BCUT2D eigenvalue weighted by Gasteiger charge is -2.17. The van der Waals surface area contributed by atoms with E-state index in [2.05, 4.69) is 26.3 Å². The Hall–Kier alpha value is -1.50. The molecule has 0 aliphatic rings. The highest BCUT2D eigenvalue weighted by atomic mass is 79.9. The monoisotopic (exact) mass is 347 g/mol. The van der Waals surface area contributed by atoms with Crippen molar-refractivity contribution in [2.45, 2.75) is 19.1 Å². The molecule has 1 heterocycles. The van der Waals surface area contributed by atoms with E-state index in [1.165, 1.54) is 6.07 Å². The van der Waals surface area contributed by atoms with Crippen LogP contribution in [0.1, 0.15) is 24.2 Å². The summed E-state index contributed by atoms with van der Waals surface area (Å²) < 4.78 is 40.2. The fourth-order valence-electron chi connectivity index (χ4n) is 1.97. The van der Waals surface area contributed by atoms with E-state index in [0.29, 0.717) is 5.69 Å². The lowest BCUT2D eigenvalue weighted by molar-refractivity contribution is -0.138. The highest BCUT2D eigenvalue weighted by molar-refractivity contribution is 9.10. The summed E-state index contributed by atoms with van der Waals surface area (Å²) in [7, 11) is 1.79. The van der Waals surface area contributed by atoms with Crippen LogP contribution in [0.5, 0.6) is 0 Å². The average molecular weight is 348 g/mol. The minimum Gasteiger partial charge on any atom is -0.377 e. The number of nitrogens with zero attached hydrogens (tertiary/aromatic N) is 2. The number of benzene rings is 1. The van der Waals surface area contributed by atoms with Gasteiger partial charge in [0.15, 0.2) is 0 Å². The molecule has 2 aromatic rings. The zero-order chi connectivity index (χ0) is 14.9. The summed E-state index contributed by atoms with van der Waals surface area (Å²) in [5.74, 6) is 0. The number of aromatic nitrogens is 2. The molecule has 3 nitrogen and oxygen atoms in total. The van der Waals surface area contributed by atoms with Crippen molar-refractivity contribution >= 4 is 21.6 Å². The van der Waals surface area contributed by atoms with Crippen LogP contribution in [0.4, 0.5) is 18.9 Å². The number of hydrogen-bond acceptors (Lipinski definition) is 2. The molecular formula is C13H13BrF3N3. The predicted molar refractivity (Wildman–Crippen MR) is 74.4 cm³/mol. The van der Waals surface area contributed by atoms with Crippen molar-refractivity contribution in [2.24, 2.45) is 7.05 Å². The number of nitrogens with one attached hydrogen (secondary N) is 1. The summed E-state index contributed by atoms with van der Waals surface area (Å²) in [6, 6.07) is 5.76. The molecule has 0 radical (unpaired) electrons. The Morgan fingerprint density at radius 2 is 2.00 bits per heavy atom. The van der Waals surface area contributed by atoms with E-state index in [-0.39, 0.29) is 10.5 Å². The maximum Gasteiger partial charge on any atom is 0.417 e. The molecule has 1 aromatic carbocycles. The van der Waals surface area contributed by atoms with Gasteiger partial charge in [-0.15, -0.1) is 0 Å². The van der Waals surface area contributed by atoms with Crippen molar-refractivity contribution in [3.05, 3.63) is 46.2 Å². The second-order valence-corrected chi connectivity index (χ2v) is 5.29. The Bertz CT molecular complexity index is 607. The van der Waals surface area contributed by atoms with Gasteiger partial charge in [-0.1, -0.05) is 15.9 Å². The zero-order valence-electron chi connectivity index (χ0n) is 10.9. The van der Waals surface area contributed by atoms with Crippen molar-refractivity contribution in [1.29, 1.82) is 0 Å². The van der Waals surface area contributed by atoms with Gasteiger partial charge in [-0.3, -0.25) is 4.68 Å². The molecule has 0 saturated carbocycles. The molecule has 0 bridgehead atoms. The number of alkyl halides is 3. The van der Waals surface area contributed by atoms with Crippen molar-refractivity contribution < 1.29 is 13.2 Å². The third-order valence-corrected chi connectivity index (χ3v) is 3.65. The average Bonchev–Trinajstić information content (AvgIpc) is 2.76. The van der Waals surface area contributed by atoms with Crippen LogP contribution in [0.3, 0.4) is 0 Å². The number of hydrogen-bond donors (Lipinski definition) is 1. The van der Waals surface area contributed by atoms with E-state index < -0.39 is 11.7 Å². The fourth-order valence-corrected chi connectivity index (χ4v) is 2.44. The topological polar surface area (TPSA) is 29.9 Å². The van der Waals surface area contributed by atoms with Crippen molar-refractivity contribution in [2.75, 3.05) is 5.32 Å². The van der Waals surface area contributed by atoms with E-state index in [1.54, 1.807) is 24.0 Å². The lowest BCUT2D eigenvalue weighted by atomic mass is 10.1. The third kappa shape index (κ3) is 3.15. The molecule has 1 unspecified atom stereocenters. The first-order chi connectivity index (χ1) is 9.29. The molecule has 0 aliphatic carbocycles. The molecule has 1 atom stereocenters. The smallest absolute Gasteiger partial charge is 0.377 e. The van der Waals surface area contributed by atoms with E-state index >= 15 is 0 Å². The van der Waals surface area contributed by atoms with Gasteiger partial charge in [0.1, 0.15) is 0 Å². The van der Waals surface area contributed by atoms with E-state index in [4.69, 9.17) is 0 Å². The van der Waals surface area contributed by atoms with Gasteiger partial charge in [0, 0.05) is 23.4 Å². The molecule has 0 amide bonds. The summed E-state index contributed by atoms with van der Waals surface area (Å²) in [5, 5.41) is 7.08. The number of halogens is 4. The van der Waals surface area contributed by atoms with Crippen molar-refractivity contribution in [3.8, 4) is 0 Å². The number of rotatable bonds is 3. The summed E-state index contributed by atoms with van der Waals surface area (Å²) in [4.78, 5) is 0. The van der Waals surface area contributed by atoms with Crippen molar-refractivity contribution in [3.63, 3.8) is 0 Å². The quantitative estimate of drug-likeness (QED) is 0.893. The largest absolute Gasteiger partial charge is 0.417 e. The molecule has 0 fully saturated rings. The number of aryl methyl sites for hydroxylation is 1. The summed E-state index contributed by atoms with van der Waals surface area (Å²) >= 11 is 2.92. The Morgan fingerprint density at radius 3 is 2.55 bits per heavy atom. The Labute approximate surface area is 122 Å². The zero-order valence-corrected chi connectivity index (χ0v) is 12.5. The van der Waals surface area contributed by atoms with Gasteiger partial charge < -0.3 is 5.32 Å². The van der Waals surface area contributed by atoms with Crippen LogP contribution in [0.2, 0.25) is 0 Å². The van der Waals surface area contributed by atoms with Gasteiger partial charge in [-0.2, -0.15) is 18.3 Å². The van der Waals surface area contributed by atoms with Crippen molar-refractivity contribution in [1.82, 2.24) is 9.78 Å². The standard InChI is InChI=1S/C13H13BrF3N3/c1-8(12-5-6-18-20(12)2)19-9-3-4-11(14)10(7-9)13(15,16)17/h3-8,19H,1-2H3. The minimum atomic E-state index is -4.38. The van der Waals surface area contributed by atoms with Crippen LogP contribution in [0.25, 0.3) is 0 Å². The van der Waals surface area contributed by atoms with Crippen LogP contribution >= 0.6 is 15.9 Å². The second kappa shape index (κ2) is 5.47. The Morgan fingerprint density at radius 1 is 1.30 bits per heavy atom. The highest BCUT2D eigenvalue weighted by Gasteiger charge is 2.33. The number of anilines is 1. The fraction of sp³-hybridized carbons (Fsp3) is 0.308. The molecule has 7 heteroatoms. The van der Waals surface area contributed by atoms with Crippen LogP contribution in [0.15, 0.2) is 34.9 Å². The van der Waals surface area contributed by atoms with Crippen LogP contribution in [-0.2, 0) is 13.2 Å². The molecule has 1 N–H and O–H groups in total. The van der Waals surface area contributed by atoms with Gasteiger partial charge in [0.05, 0.1) is 17.3 Å². The van der Waals surface area contributed by atoms with Gasteiger partial charge in [-0.25, -0.2) is 0 Å². The summed E-state index contributed by atoms with van der Waals surface area (Å²) in [6.07, 6.45) is -2.73. The van der Waals surface area contributed by atoms with Crippen LogP contribution in [0, 0.1) is 0 Å². The van der Waals surface area contributed by atoms with E-state index in [0.717, 1.165) is 11.8 Å². The predicted octanol–water partition coefficient (Wildman–Crippen LogP) is 4.37. The first-order valence-corrected chi connectivity index (χ1v) is 6.69. The molecule has 20 heavy (non-hydrogen) atoms. The molecule has 108 valence electrons. The third-order valence-electron chi connectivity index (χ3n) is 2.96. The lowest BCUT2D eigenvalue weighted by Crippen LogP contribution is -2.12. The van der Waals surface area contributed by atoms with Gasteiger partial charge in [-0.05, 0) is 31.2 Å². The summed E-state index contributed by atoms with van der Waals surface area (Å²) in [5.41, 5.74) is 0.607. The maximum absolute atomic E-state index is 12.8. The molecule has 1 aromatic heterocycles. The van der Waals surface area contributed by atoms with Gasteiger partial charge >= 0.3 is 6.18 Å². The van der Waals surface area contributed by atoms with Gasteiger partial charge in [0.2, 0.25) is 0 Å². The first kappa shape index (κ1) is 14.9. The molecule has 0 aliphatic heterocycles. The SMILES string of the molecule is CC(Nc1ccc(Br)c(C(F)(F)F)c1)c1ccnn1C. The first-order valence-electron chi connectivity index (χ1n) is 5.90. The highest BCUT2D eigenvalue weighted by Crippen LogP contribution is 2.36. The van der Waals surface area contributed by atoms with Gasteiger partial charge in [0.25, 0.3) is 0 Å². The normalized spacial score (nSPS) is 13.3. The van der Waals surface area contributed by atoms with Crippen LogP contribution < -0.4 is 5.32 Å². The maximum atomic E-state index is 12.8. The molecular weight excluding hydrogens is 335 g/mol. The Balaban J connectivity index is 2.25. The Kier molecular flexibility index (Phi) is 4.08. The molecule has 2 rings (SSSR count). The molecule has 0 spiro atoms. The second-order valence-electron chi connectivity index (χ2n) is 4.44.